The van der Waals surface area contributed by atoms with Gasteiger partial charge in [-0.3, -0.25) is 9.69 Å². The third-order valence-corrected chi connectivity index (χ3v) is 3.11. The van der Waals surface area contributed by atoms with E-state index < -0.39 is 6.04 Å². The van der Waals surface area contributed by atoms with Crippen LogP contribution in [-0.2, 0) is 4.79 Å². The predicted molar refractivity (Wildman–Crippen MR) is 72.1 cm³/mol. The lowest BCUT2D eigenvalue weighted by Crippen LogP contribution is -2.31. The van der Waals surface area contributed by atoms with Crippen LogP contribution >= 0.6 is 0 Å². The molecule has 0 aliphatic carbocycles. The molecule has 0 radical (unpaired) electrons. The summed E-state index contributed by atoms with van der Waals surface area (Å²) in [6, 6.07) is 8.38. The van der Waals surface area contributed by atoms with Crippen LogP contribution in [0.25, 0.3) is 0 Å². The Balaban J connectivity index is 1.99. The highest BCUT2D eigenvalue weighted by molar-refractivity contribution is 6.04. The summed E-state index contributed by atoms with van der Waals surface area (Å²) in [6.07, 6.45) is 7.40. The summed E-state index contributed by atoms with van der Waals surface area (Å²) in [4.78, 5) is 25.2. The molecule has 1 aliphatic heterocycles. The number of nitrogens with zero attached hydrogens (tertiary/aromatic N) is 1. The van der Waals surface area contributed by atoms with Crippen LogP contribution in [0.5, 0.6) is 0 Å². The van der Waals surface area contributed by atoms with E-state index in [0.717, 1.165) is 18.4 Å². The van der Waals surface area contributed by atoms with E-state index in [-0.39, 0.29) is 11.9 Å². The molecular formula is C15H16N2O2. The molecule has 1 aliphatic rings. The fraction of sp³-hybridized carbons (Fsp3) is 0.333. The number of hydrogen-bond acceptors (Lipinski definition) is 2. The van der Waals surface area contributed by atoms with Crippen molar-refractivity contribution in [3.8, 4) is 12.3 Å². The van der Waals surface area contributed by atoms with Gasteiger partial charge >= 0.3 is 6.03 Å². The number of carbonyl (C=O) groups excluding carboxylic acids is 2. The number of imide groups is 1. The van der Waals surface area contributed by atoms with E-state index >= 15 is 0 Å². The molecule has 0 bridgehead atoms. The molecule has 1 heterocycles. The molecule has 4 heteroatoms. The molecule has 1 atom stereocenters. The second-order valence-electron chi connectivity index (χ2n) is 4.44. The van der Waals surface area contributed by atoms with Crippen molar-refractivity contribution in [3.05, 3.63) is 35.9 Å². The summed E-state index contributed by atoms with van der Waals surface area (Å²) in [5, 5.41) is 2.71. The van der Waals surface area contributed by atoms with Crippen LogP contribution in [0, 0.1) is 12.3 Å². The average molecular weight is 256 g/mol. The smallest absolute Gasteiger partial charge is 0.322 e. The van der Waals surface area contributed by atoms with E-state index in [9.17, 15) is 9.59 Å². The van der Waals surface area contributed by atoms with Crippen molar-refractivity contribution >= 4 is 11.9 Å². The summed E-state index contributed by atoms with van der Waals surface area (Å²) < 4.78 is 0. The summed E-state index contributed by atoms with van der Waals surface area (Å²) in [5.41, 5.74) is 0.812. The SMILES string of the molecule is C#CCCCCN1C(=O)N[C@H](c2ccccc2)C1=O. The molecule has 1 aromatic rings. The number of urea groups is 1. The van der Waals surface area contributed by atoms with Crippen molar-refractivity contribution in [2.75, 3.05) is 6.54 Å². The highest BCUT2D eigenvalue weighted by atomic mass is 16.2. The molecule has 0 spiro atoms. The van der Waals surface area contributed by atoms with Crippen LogP contribution in [0.15, 0.2) is 30.3 Å². The van der Waals surface area contributed by atoms with Crippen LogP contribution in [0.1, 0.15) is 30.9 Å². The van der Waals surface area contributed by atoms with Gasteiger partial charge in [-0.1, -0.05) is 30.3 Å². The monoisotopic (exact) mass is 256 g/mol. The Morgan fingerprint density at radius 3 is 2.63 bits per heavy atom. The van der Waals surface area contributed by atoms with Crippen LogP contribution in [0.4, 0.5) is 4.79 Å². The number of rotatable bonds is 5. The minimum atomic E-state index is -0.554. The fourth-order valence-electron chi connectivity index (χ4n) is 2.10. The van der Waals surface area contributed by atoms with E-state index in [0.29, 0.717) is 13.0 Å². The van der Waals surface area contributed by atoms with Gasteiger partial charge < -0.3 is 5.32 Å². The van der Waals surface area contributed by atoms with E-state index in [1.807, 2.05) is 30.3 Å². The third-order valence-electron chi connectivity index (χ3n) is 3.11. The Morgan fingerprint density at radius 1 is 1.21 bits per heavy atom. The number of carbonyl (C=O) groups is 2. The van der Waals surface area contributed by atoms with Gasteiger partial charge in [0.05, 0.1) is 0 Å². The van der Waals surface area contributed by atoms with E-state index in [2.05, 4.69) is 11.2 Å². The fourth-order valence-corrected chi connectivity index (χ4v) is 2.10. The lowest BCUT2D eigenvalue weighted by Gasteiger charge is -2.12. The number of benzene rings is 1. The molecule has 2 rings (SSSR count). The molecule has 1 saturated heterocycles. The number of unbranched alkanes of at least 4 members (excludes halogenated alkanes) is 2. The van der Waals surface area contributed by atoms with Gasteiger partial charge in [-0.05, 0) is 18.4 Å². The molecule has 1 N–H and O–H groups in total. The average Bonchev–Trinajstić information content (AvgIpc) is 2.72. The van der Waals surface area contributed by atoms with Gasteiger partial charge in [-0.15, -0.1) is 12.3 Å². The maximum Gasteiger partial charge on any atom is 0.325 e. The lowest BCUT2D eigenvalue weighted by molar-refractivity contribution is -0.127. The molecule has 0 aromatic heterocycles. The molecule has 98 valence electrons. The molecule has 1 aromatic carbocycles. The standard InChI is InChI=1S/C15H16N2O2/c1-2-3-4-8-11-17-14(18)13(16-15(17)19)12-9-6-5-7-10-12/h1,5-7,9-10,13H,3-4,8,11H2,(H,16,19)/t13-/m1/s1. The number of nitrogens with one attached hydrogen (secondary N) is 1. The summed E-state index contributed by atoms with van der Waals surface area (Å²) in [7, 11) is 0. The highest BCUT2D eigenvalue weighted by Crippen LogP contribution is 2.21. The molecular weight excluding hydrogens is 240 g/mol. The molecule has 19 heavy (non-hydrogen) atoms. The maximum absolute atomic E-state index is 12.2. The van der Waals surface area contributed by atoms with Crippen molar-refractivity contribution < 1.29 is 9.59 Å². The van der Waals surface area contributed by atoms with Gasteiger partial charge in [0.25, 0.3) is 5.91 Å². The first kappa shape index (κ1) is 13.2. The van der Waals surface area contributed by atoms with Crippen LogP contribution < -0.4 is 5.32 Å². The first-order chi connectivity index (χ1) is 9.24. The van der Waals surface area contributed by atoms with Crippen molar-refractivity contribution in [2.45, 2.75) is 25.3 Å². The van der Waals surface area contributed by atoms with E-state index in [1.165, 1.54) is 4.90 Å². The minimum Gasteiger partial charge on any atom is -0.322 e. The Morgan fingerprint density at radius 2 is 1.95 bits per heavy atom. The zero-order valence-electron chi connectivity index (χ0n) is 10.6. The minimum absolute atomic E-state index is 0.183. The van der Waals surface area contributed by atoms with Crippen molar-refractivity contribution in [1.29, 1.82) is 0 Å². The van der Waals surface area contributed by atoms with Crippen LogP contribution in [0.3, 0.4) is 0 Å². The van der Waals surface area contributed by atoms with Crippen molar-refractivity contribution in [2.24, 2.45) is 0 Å². The van der Waals surface area contributed by atoms with Crippen molar-refractivity contribution in [1.82, 2.24) is 10.2 Å². The molecule has 0 saturated carbocycles. The normalized spacial score (nSPS) is 18.3. The molecule has 1 fully saturated rings. The van der Waals surface area contributed by atoms with Crippen molar-refractivity contribution in [3.63, 3.8) is 0 Å². The lowest BCUT2D eigenvalue weighted by atomic mass is 10.1. The quantitative estimate of drug-likeness (QED) is 0.498. The Bertz CT molecular complexity index is 505. The Labute approximate surface area is 112 Å². The topological polar surface area (TPSA) is 49.4 Å². The van der Waals surface area contributed by atoms with Gasteiger partial charge in [-0.2, -0.15) is 0 Å². The number of amides is 3. The third kappa shape index (κ3) is 2.94. The molecule has 3 amide bonds. The zero-order chi connectivity index (χ0) is 13.7. The summed E-state index contributed by atoms with van der Waals surface area (Å²) in [5.74, 6) is 2.36. The Kier molecular flexibility index (Phi) is 4.19. The van der Waals surface area contributed by atoms with Crippen LogP contribution in [0.2, 0.25) is 0 Å². The second kappa shape index (κ2) is 6.05. The summed E-state index contributed by atoms with van der Waals surface area (Å²) >= 11 is 0. The van der Waals surface area contributed by atoms with Gasteiger partial charge in [0.1, 0.15) is 6.04 Å². The predicted octanol–water partition coefficient (Wildman–Crippen LogP) is 2.08. The van der Waals surface area contributed by atoms with Gasteiger partial charge in [0, 0.05) is 13.0 Å². The summed E-state index contributed by atoms with van der Waals surface area (Å²) in [6.45, 7) is 0.426. The van der Waals surface area contributed by atoms with Gasteiger partial charge in [0.15, 0.2) is 0 Å². The molecule has 4 nitrogen and oxygen atoms in total. The molecule has 0 unspecified atom stereocenters. The van der Waals surface area contributed by atoms with Gasteiger partial charge in [-0.25, -0.2) is 4.79 Å². The second-order valence-corrected chi connectivity index (χ2v) is 4.44. The maximum atomic E-state index is 12.2. The number of hydrogen-bond donors (Lipinski definition) is 1. The first-order valence-electron chi connectivity index (χ1n) is 6.34. The van der Waals surface area contributed by atoms with Crippen LogP contribution in [-0.4, -0.2) is 23.4 Å². The highest BCUT2D eigenvalue weighted by Gasteiger charge is 2.38. The first-order valence-corrected chi connectivity index (χ1v) is 6.34. The zero-order valence-corrected chi connectivity index (χ0v) is 10.6. The largest absolute Gasteiger partial charge is 0.325 e. The Hall–Kier alpha value is -2.28. The van der Waals surface area contributed by atoms with Gasteiger partial charge in [0.2, 0.25) is 0 Å². The van der Waals surface area contributed by atoms with E-state index in [1.54, 1.807) is 0 Å². The number of terminal acetylenes is 1. The van der Waals surface area contributed by atoms with E-state index in [4.69, 9.17) is 6.42 Å².